The lowest BCUT2D eigenvalue weighted by Crippen LogP contribution is -1.73. The van der Waals surface area contributed by atoms with Crippen molar-refractivity contribution in [1.29, 1.82) is 0 Å². The van der Waals surface area contributed by atoms with E-state index in [0.717, 1.165) is 0 Å². The fourth-order valence-corrected chi connectivity index (χ4v) is 2.02. The Hall–Kier alpha value is -1.08. The molecule has 0 saturated heterocycles. The third-order valence-corrected chi connectivity index (χ3v) is 2.79. The van der Waals surface area contributed by atoms with Crippen molar-refractivity contribution in [3.05, 3.63) is 46.7 Å². The lowest BCUT2D eigenvalue weighted by molar-refractivity contribution is 1.50. The van der Waals surface area contributed by atoms with Gasteiger partial charge in [-0.2, -0.15) is 0 Å². The molecule has 0 N–H and O–H groups in total. The quantitative estimate of drug-likeness (QED) is 0.629. The molecule has 1 aromatic carbocycles. The molecule has 0 radical (unpaired) electrons. The molecule has 1 aromatic heterocycles. The summed E-state index contributed by atoms with van der Waals surface area (Å²) < 4.78 is 0. The lowest BCUT2D eigenvalue weighted by Gasteiger charge is -1.97. The molecule has 2 aromatic rings. The average molecular weight is 204 g/mol. The number of hydrogen-bond acceptors (Lipinski definition) is 1. The topological polar surface area (TPSA) is 0 Å². The second kappa shape index (κ2) is 5.61. The predicted octanol–water partition coefficient (Wildman–Crippen LogP) is 4.75. The molecule has 0 aliphatic rings. The molecule has 0 bridgehead atoms. The molecule has 0 atom stereocenters. The van der Waals surface area contributed by atoms with E-state index in [1.54, 1.807) is 11.3 Å². The van der Waals surface area contributed by atoms with E-state index in [0.29, 0.717) is 0 Å². The normalized spacial score (nSPS) is 9.07. The third kappa shape index (κ3) is 2.46. The van der Waals surface area contributed by atoms with Crippen LogP contribution < -0.4 is 0 Å². The SMILES string of the molecule is CC.Cc1sccc1-c1ccccc1. The molecule has 74 valence electrons. The Balaban J connectivity index is 0.000000461. The van der Waals surface area contributed by atoms with Crippen molar-refractivity contribution in [2.75, 3.05) is 0 Å². The van der Waals surface area contributed by atoms with Gasteiger partial charge in [0.2, 0.25) is 0 Å². The highest BCUT2D eigenvalue weighted by atomic mass is 32.1. The molecule has 2 rings (SSSR count). The van der Waals surface area contributed by atoms with Gasteiger partial charge in [0.05, 0.1) is 0 Å². The van der Waals surface area contributed by atoms with Gasteiger partial charge in [0.15, 0.2) is 0 Å². The van der Waals surface area contributed by atoms with Crippen LogP contribution in [0.2, 0.25) is 0 Å². The summed E-state index contributed by atoms with van der Waals surface area (Å²) >= 11 is 1.80. The Morgan fingerprint density at radius 3 is 2.07 bits per heavy atom. The van der Waals surface area contributed by atoms with Crippen LogP contribution in [0.25, 0.3) is 11.1 Å². The molecule has 0 amide bonds. The summed E-state index contributed by atoms with van der Waals surface area (Å²) in [5.41, 5.74) is 2.68. The van der Waals surface area contributed by atoms with Crippen LogP contribution in [0.1, 0.15) is 18.7 Å². The summed E-state index contributed by atoms with van der Waals surface area (Å²) in [7, 11) is 0. The zero-order valence-electron chi connectivity index (χ0n) is 8.95. The fraction of sp³-hybridized carbons (Fsp3) is 0.231. The Labute approximate surface area is 90.2 Å². The first-order valence-electron chi connectivity index (χ1n) is 4.97. The van der Waals surface area contributed by atoms with Crippen LogP contribution >= 0.6 is 11.3 Å². The van der Waals surface area contributed by atoms with Crippen molar-refractivity contribution < 1.29 is 0 Å². The standard InChI is InChI=1S/C11H10S.C2H6/c1-9-11(7-8-12-9)10-5-3-2-4-6-10;1-2/h2-8H,1H3;1-2H3. The minimum atomic E-state index is 1.32. The molecular weight excluding hydrogens is 188 g/mol. The van der Waals surface area contributed by atoms with Crippen molar-refractivity contribution >= 4 is 11.3 Å². The summed E-state index contributed by atoms with van der Waals surface area (Å²) in [6.45, 7) is 6.16. The zero-order valence-corrected chi connectivity index (χ0v) is 9.77. The van der Waals surface area contributed by atoms with E-state index < -0.39 is 0 Å². The summed E-state index contributed by atoms with van der Waals surface area (Å²) in [6, 6.07) is 12.7. The smallest absolute Gasteiger partial charge is 0.00925 e. The van der Waals surface area contributed by atoms with Gasteiger partial charge in [-0.25, -0.2) is 0 Å². The number of hydrogen-bond donors (Lipinski definition) is 0. The van der Waals surface area contributed by atoms with Crippen LogP contribution in [0.3, 0.4) is 0 Å². The fourth-order valence-electron chi connectivity index (χ4n) is 1.30. The van der Waals surface area contributed by atoms with E-state index in [2.05, 4.69) is 42.6 Å². The first kappa shape index (κ1) is 11.0. The van der Waals surface area contributed by atoms with E-state index in [-0.39, 0.29) is 0 Å². The number of thiophene rings is 1. The molecule has 0 aliphatic carbocycles. The van der Waals surface area contributed by atoms with E-state index >= 15 is 0 Å². The molecule has 0 spiro atoms. The first-order valence-corrected chi connectivity index (χ1v) is 5.85. The van der Waals surface area contributed by atoms with Gasteiger partial charge in [0.1, 0.15) is 0 Å². The van der Waals surface area contributed by atoms with Crippen LogP contribution in [0, 0.1) is 6.92 Å². The van der Waals surface area contributed by atoms with Crippen LogP contribution in [0.4, 0.5) is 0 Å². The maximum Gasteiger partial charge on any atom is 0.00925 e. The molecule has 0 aliphatic heterocycles. The van der Waals surface area contributed by atoms with E-state index in [9.17, 15) is 0 Å². The highest BCUT2D eigenvalue weighted by molar-refractivity contribution is 7.10. The number of aryl methyl sites for hydroxylation is 1. The van der Waals surface area contributed by atoms with Gasteiger partial charge in [-0.1, -0.05) is 44.2 Å². The second-order valence-electron chi connectivity index (χ2n) is 2.76. The van der Waals surface area contributed by atoms with Crippen LogP contribution in [-0.4, -0.2) is 0 Å². The lowest BCUT2D eigenvalue weighted by atomic mass is 10.1. The van der Waals surface area contributed by atoms with Crippen molar-refractivity contribution in [1.82, 2.24) is 0 Å². The maximum absolute atomic E-state index is 2.18. The number of rotatable bonds is 1. The highest BCUT2D eigenvalue weighted by Crippen LogP contribution is 2.26. The van der Waals surface area contributed by atoms with Gasteiger partial charge in [0, 0.05) is 4.88 Å². The average Bonchev–Trinajstić information content (AvgIpc) is 2.69. The monoisotopic (exact) mass is 204 g/mol. The van der Waals surface area contributed by atoms with Gasteiger partial charge < -0.3 is 0 Å². The van der Waals surface area contributed by atoms with Gasteiger partial charge >= 0.3 is 0 Å². The van der Waals surface area contributed by atoms with Crippen LogP contribution in [-0.2, 0) is 0 Å². The van der Waals surface area contributed by atoms with Crippen LogP contribution in [0.15, 0.2) is 41.8 Å². The predicted molar refractivity (Wildman–Crippen MR) is 65.8 cm³/mol. The van der Waals surface area contributed by atoms with Crippen molar-refractivity contribution in [3.8, 4) is 11.1 Å². The van der Waals surface area contributed by atoms with Crippen molar-refractivity contribution in [3.63, 3.8) is 0 Å². The van der Waals surface area contributed by atoms with Gasteiger partial charge in [-0.05, 0) is 29.5 Å². The Bertz CT molecular complexity index is 360. The van der Waals surface area contributed by atoms with Gasteiger partial charge in [-0.15, -0.1) is 11.3 Å². The second-order valence-corrected chi connectivity index (χ2v) is 3.88. The summed E-state index contributed by atoms with van der Waals surface area (Å²) in [6.07, 6.45) is 0. The maximum atomic E-state index is 2.18. The molecule has 0 fully saturated rings. The van der Waals surface area contributed by atoms with Gasteiger partial charge in [-0.3, -0.25) is 0 Å². The van der Waals surface area contributed by atoms with Crippen molar-refractivity contribution in [2.24, 2.45) is 0 Å². The zero-order chi connectivity index (χ0) is 10.4. The molecule has 0 saturated carbocycles. The van der Waals surface area contributed by atoms with Crippen molar-refractivity contribution in [2.45, 2.75) is 20.8 Å². The first-order chi connectivity index (χ1) is 6.88. The minimum Gasteiger partial charge on any atom is -0.149 e. The largest absolute Gasteiger partial charge is 0.149 e. The highest BCUT2D eigenvalue weighted by Gasteiger charge is 2.00. The Morgan fingerprint density at radius 2 is 1.57 bits per heavy atom. The summed E-state index contributed by atoms with van der Waals surface area (Å²) in [5, 5.41) is 2.14. The van der Waals surface area contributed by atoms with E-state index in [4.69, 9.17) is 0 Å². The van der Waals surface area contributed by atoms with E-state index in [1.165, 1.54) is 16.0 Å². The Morgan fingerprint density at radius 1 is 0.929 bits per heavy atom. The molecule has 0 nitrogen and oxygen atoms in total. The Kier molecular flexibility index (Phi) is 4.41. The van der Waals surface area contributed by atoms with Gasteiger partial charge in [0.25, 0.3) is 0 Å². The summed E-state index contributed by atoms with van der Waals surface area (Å²) in [5.74, 6) is 0. The molecule has 1 heterocycles. The van der Waals surface area contributed by atoms with Crippen LogP contribution in [0.5, 0.6) is 0 Å². The van der Waals surface area contributed by atoms with E-state index in [1.807, 2.05) is 19.9 Å². The molecule has 14 heavy (non-hydrogen) atoms. The molecule has 0 unspecified atom stereocenters. The molecule has 1 heteroatoms. The molecular formula is C13H16S. The number of benzene rings is 1. The minimum absolute atomic E-state index is 1.32. The summed E-state index contributed by atoms with van der Waals surface area (Å²) in [4.78, 5) is 1.39. The third-order valence-electron chi connectivity index (χ3n) is 1.94.